The highest BCUT2D eigenvalue weighted by molar-refractivity contribution is 7.84. The first-order chi connectivity index (χ1) is 14.3. The van der Waals surface area contributed by atoms with Gasteiger partial charge in [-0.2, -0.15) is 8.42 Å². The number of aromatic nitrogens is 2. The fourth-order valence-corrected chi connectivity index (χ4v) is 6.37. The smallest absolute Gasteiger partial charge is 0.333 e. The normalized spacial score (nSPS) is 26.8. The summed E-state index contributed by atoms with van der Waals surface area (Å²) >= 11 is 1.62. The van der Waals surface area contributed by atoms with Gasteiger partial charge in [0.2, 0.25) is 0 Å². The highest BCUT2D eigenvalue weighted by atomic mass is 32.2. The van der Waals surface area contributed by atoms with Crippen LogP contribution in [0.5, 0.6) is 0 Å². The van der Waals surface area contributed by atoms with Crippen molar-refractivity contribution in [1.29, 1.82) is 0 Å². The number of aliphatic hydroxyl groups excluding tert-OH is 1. The van der Waals surface area contributed by atoms with Gasteiger partial charge in [0.15, 0.2) is 0 Å². The minimum Gasteiger partial charge on any atom is -0.393 e. The van der Waals surface area contributed by atoms with Crippen LogP contribution in [-0.4, -0.2) is 42.2 Å². The molecule has 10 heteroatoms. The highest BCUT2D eigenvalue weighted by Crippen LogP contribution is 2.44. The second-order valence-corrected chi connectivity index (χ2v) is 10.8. The Morgan fingerprint density at radius 3 is 2.80 bits per heavy atom. The topological polar surface area (TPSA) is 127 Å². The molecule has 0 aliphatic heterocycles. The van der Waals surface area contributed by atoms with Gasteiger partial charge in [0.05, 0.1) is 22.9 Å². The van der Waals surface area contributed by atoms with Crippen molar-refractivity contribution in [3.63, 3.8) is 0 Å². The van der Waals surface area contributed by atoms with Crippen molar-refractivity contribution in [3.8, 4) is 0 Å². The van der Waals surface area contributed by atoms with Crippen molar-refractivity contribution in [1.82, 2.24) is 9.97 Å². The van der Waals surface area contributed by atoms with E-state index in [4.69, 9.17) is 9.32 Å². The molecule has 8 nitrogen and oxygen atoms in total. The summed E-state index contributed by atoms with van der Waals surface area (Å²) in [4.78, 5) is 9.04. The maximum Gasteiger partial charge on any atom is 0.333 e. The summed E-state index contributed by atoms with van der Waals surface area (Å²) in [5.41, 5.74) is 2.00. The third-order valence-corrected chi connectivity index (χ3v) is 8.10. The fourth-order valence-electron chi connectivity index (χ4n) is 4.95. The molecule has 0 radical (unpaired) electrons. The van der Waals surface area contributed by atoms with Crippen LogP contribution in [0.1, 0.15) is 63.4 Å². The van der Waals surface area contributed by atoms with Crippen LogP contribution >= 0.6 is 11.3 Å². The Balaban J connectivity index is 1.49. The number of aliphatic hydroxyl groups is 1. The average Bonchev–Trinajstić information content (AvgIpc) is 3.30. The molecule has 2 saturated carbocycles. The molecule has 0 unspecified atom stereocenters. The van der Waals surface area contributed by atoms with Crippen LogP contribution in [-0.2, 0) is 14.5 Å². The molecule has 2 aromatic rings. The molecule has 0 spiro atoms. The molecule has 0 saturated heterocycles. The number of hydrogen-bond acceptors (Lipinski definition) is 8. The number of fused-ring (bicyclic) bond motifs is 1. The summed E-state index contributed by atoms with van der Waals surface area (Å²) in [5.74, 6) is 1.38. The highest BCUT2D eigenvalue weighted by Gasteiger charge is 2.36. The van der Waals surface area contributed by atoms with Crippen LogP contribution in [0.3, 0.4) is 0 Å². The SMILES string of the molecule is C[C@H](Nc1ncnc2c([C@@H]3C[C@@H](COS(N)(=O)=O)[C@@H](O)C3)csc12)C1CCCCC1. The molecule has 166 valence electrons. The second kappa shape index (κ2) is 9.04. The largest absolute Gasteiger partial charge is 0.393 e. The van der Waals surface area contributed by atoms with E-state index in [1.807, 2.05) is 0 Å². The number of nitrogens with one attached hydrogen (secondary N) is 1. The summed E-state index contributed by atoms with van der Waals surface area (Å²) in [5, 5.41) is 21.0. The molecular formula is C20H30N4O4S2. The van der Waals surface area contributed by atoms with Gasteiger partial charge in [0.25, 0.3) is 0 Å². The monoisotopic (exact) mass is 454 g/mol. The number of thiophene rings is 1. The lowest BCUT2D eigenvalue weighted by Crippen LogP contribution is -2.28. The van der Waals surface area contributed by atoms with Crippen molar-refractivity contribution < 1.29 is 17.7 Å². The summed E-state index contributed by atoms with van der Waals surface area (Å²) in [6, 6.07) is 0.363. The molecule has 2 aromatic heterocycles. The Bertz CT molecular complexity index is 974. The molecule has 0 bridgehead atoms. The standard InChI is InChI=1S/C20H30N4O4S2/c1-12(13-5-3-2-4-6-13)24-20-19-18(22-11-23-20)16(10-29-19)14-7-15(17(25)8-14)9-28-30(21,26)27/h10-15,17,25H,2-9H2,1H3,(H2,21,26,27)(H,22,23,24)/t12-,14+,15-,17-/m0/s1. The number of nitrogens with two attached hydrogens (primary N) is 1. The van der Waals surface area contributed by atoms with Gasteiger partial charge in [-0.05, 0) is 55.4 Å². The van der Waals surface area contributed by atoms with Crippen molar-refractivity contribution in [2.24, 2.45) is 17.0 Å². The first-order valence-corrected chi connectivity index (χ1v) is 13.0. The van der Waals surface area contributed by atoms with E-state index in [9.17, 15) is 13.5 Å². The van der Waals surface area contributed by atoms with E-state index in [0.29, 0.717) is 24.8 Å². The van der Waals surface area contributed by atoms with Crippen LogP contribution in [0.25, 0.3) is 10.2 Å². The van der Waals surface area contributed by atoms with Crippen molar-refractivity contribution in [3.05, 3.63) is 17.3 Å². The van der Waals surface area contributed by atoms with E-state index in [2.05, 4.69) is 27.6 Å². The number of rotatable bonds is 7. The number of hydrogen-bond donors (Lipinski definition) is 3. The maximum atomic E-state index is 11.1. The predicted octanol–water partition coefficient (Wildman–Crippen LogP) is 3.15. The van der Waals surface area contributed by atoms with Gasteiger partial charge in [-0.1, -0.05) is 19.3 Å². The first kappa shape index (κ1) is 21.9. The minimum absolute atomic E-state index is 0.0980. The lowest BCUT2D eigenvalue weighted by Gasteiger charge is -2.28. The zero-order valence-electron chi connectivity index (χ0n) is 17.2. The Morgan fingerprint density at radius 1 is 1.30 bits per heavy atom. The van der Waals surface area contributed by atoms with E-state index < -0.39 is 16.4 Å². The van der Waals surface area contributed by atoms with Gasteiger partial charge in [0.1, 0.15) is 12.1 Å². The molecule has 30 heavy (non-hydrogen) atoms. The van der Waals surface area contributed by atoms with Gasteiger partial charge in [-0.25, -0.2) is 15.1 Å². The molecule has 2 aliphatic rings. The Labute approximate surface area is 181 Å². The predicted molar refractivity (Wildman–Crippen MR) is 118 cm³/mol. The molecule has 4 N–H and O–H groups in total. The van der Waals surface area contributed by atoms with E-state index in [0.717, 1.165) is 21.6 Å². The first-order valence-electron chi connectivity index (χ1n) is 10.7. The van der Waals surface area contributed by atoms with Crippen LogP contribution in [0.2, 0.25) is 0 Å². The molecule has 2 aliphatic carbocycles. The van der Waals surface area contributed by atoms with Gasteiger partial charge in [0, 0.05) is 12.0 Å². The van der Waals surface area contributed by atoms with E-state index >= 15 is 0 Å². The zero-order chi connectivity index (χ0) is 21.3. The van der Waals surface area contributed by atoms with Crippen molar-refractivity contribution in [2.75, 3.05) is 11.9 Å². The summed E-state index contributed by atoms with van der Waals surface area (Å²) in [7, 11) is -4.01. The molecule has 4 rings (SSSR count). The molecule has 0 amide bonds. The summed E-state index contributed by atoms with van der Waals surface area (Å²) < 4.78 is 27.9. The quantitative estimate of drug-likeness (QED) is 0.586. The Kier molecular flexibility index (Phi) is 6.59. The van der Waals surface area contributed by atoms with Crippen LogP contribution in [0.4, 0.5) is 5.82 Å². The summed E-state index contributed by atoms with van der Waals surface area (Å²) in [6.45, 7) is 2.14. The molecule has 0 aromatic carbocycles. The van der Waals surface area contributed by atoms with Crippen LogP contribution in [0, 0.1) is 11.8 Å². The summed E-state index contributed by atoms with van der Waals surface area (Å²) in [6.07, 6.45) is 8.63. The Morgan fingerprint density at radius 2 is 2.07 bits per heavy atom. The van der Waals surface area contributed by atoms with Gasteiger partial charge in [-0.15, -0.1) is 11.3 Å². The molecule has 2 heterocycles. The lowest BCUT2D eigenvalue weighted by molar-refractivity contribution is 0.101. The van der Waals surface area contributed by atoms with Crippen molar-refractivity contribution >= 4 is 37.7 Å². The van der Waals surface area contributed by atoms with Gasteiger partial charge < -0.3 is 10.4 Å². The van der Waals surface area contributed by atoms with Crippen molar-refractivity contribution in [2.45, 2.75) is 69.9 Å². The third kappa shape index (κ3) is 4.94. The molecule has 2 fully saturated rings. The molecule has 4 atom stereocenters. The van der Waals surface area contributed by atoms with Crippen LogP contribution in [0.15, 0.2) is 11.7 Å². The van der Waals surface area contributed by atoms with E-state index in [1.54, 1.807) is 17.7 Å². The van der Waals surface area contributed by atoms with Crippen LogP contribution < -0.4 is 10.5 Å². The van der Waals surface area contributed by atoms with E-state index in [1.165, 1.54) is 32.1 Å². The lowest BCUT2D eigenvalue weighted by atomic mass is 9.84. The zero-order valence-corrected chi connectivity index (χ0v) is 18.8. The van der Waals surface area contributed by atoms with Gasteiger partial charge >= 0.3 is 10.3 Å². The van der Waals surface area contributed by atoms with E-state index in [-0.39, 0.29) is 18.4 Å². The fraction of sp³-hybridized carbons (Fsp3) is 0.700. The van der Waals surface area contributed by atoms with Gasteiger partial charge in [-0.3, -0.25) is 4.18 Å². The molecular weight excluding hydrogens is 424 g/mol. The maximum absolute atomic E-state index is 11.1. The second-order valence-electron chi connectivity index (χ2n) is 8.70. The number of anilines is 1. The average molecular weight is 455 g/mol. The Hall–Kier alpha value is -1.33. The number of nitrogens with zero attached hydrogens (tertiary/aromatic N) is 2. The third-order valence-electron chi connectivity index (χ3n) is 6.65. The minimum atomic E-state index is -4.01.